The lowest BCUT2D eigenvalue weighted by Gasteiger charge is -2.08. The fourth-order valence-corrected chi connectivity index (χ4v) is 1.91. The summed E-state index contributed by atoms with van der Waals surface area (Å²) in [6.07, 6.45) is 1.39. The summed E-state index contributed by atoms with van der Waals surface area (Å²) in [4.78, 5) is 22.0. The van der Waals surface area contributed by atoms with Crippen LogP contribution in [-0.2, 0) is 11.2 Å². The Hall–Kier alpha value is -1.91. The zero-order chi connectivity index (χ0) is 14.4. The standard InChI is InChI=1S/C14H19NO4/c1-10(2)8-13(16)6-4-11-9-12(15(17)18)5-7-14(11)19-3/h5,7,9-10H,4,6,8H2,1-3H3. The third-order valence-corrected chi connectivity index (χ3v) is 2.78. The van der Waals surface area contributed by atoms with E-state index in [1.165, 1.54) is 19.2 Å². The second kappa shape index (κ2) is 6.87. The van der Waals surface area contributed by atoms with E-state index in [0.717, 1.165) is 0 Å². The lowest BCUT2D eigenvalue weighted by molar-refractivity contribution is -0.384. The van der Waals surface area contributed by atoms with Crippen molar-refractivity contribution in [2.24, 2.45) is 5.92 Å². The summed E-state index contributed by atoms with van der Waals surface area (Å²) < 4.78 is 5.16. The molecule has 0 aliphatic carbocycles. The van der Waals surface area contributed by atoms with E-state index in [1.54, 1.807) is 6.07 Å². The molecule has 1 rings (SSSR count). The Morgan fingerprint density at radius 2 is 2.11 bits per heavy atom. The number of carbonyl (C=O) groups is 1. The first-order chi connectivity index (χ1) is 8.93. The van der Waals surface area contributed by atoms with Gasteiger partial charge in [-0.2, -0.15) is 0 Å². The Morgan fingerprint density at radius 1 is 1.42 bits per heavy atom. The highest BCUT2D eigenvalue weighted by atomic mass is 16.6. The van der Waals surface area contributed by atoms with E-state index in [2.05, 4.69) is 0 Å². The second-order valence-corrected chi connectivity index (χ2v) is 4.89. The average Bonchev–Trinajstić information content (AvgIpc) is 2.35. The molecule has 0 saturated heterocycles. The number of hydrogen-bond donors (Lipinski definition) is 0. The third kappa shape index (κ3) is 4.69. The maximum atomic E-state index is 11.7. The van der Waals surface area contributed by atoms with Crippen molar-refractivity contribution < 1.29 is 14.5 Å². The van der Waals surface area contributed by atoms with Crippen molar-refractivity contribution in [2.75, 3.05) is 7.11 Å². The summed E-state index contributed by atoms with van der Waals surface area (Å²) >= 11 is 0. The molecule has 0 aromatic heterocycles. The largest absolute Gasteiger partial charge is 0.496 e. The molecule has 0 atom stereocenters. The number of nitrogens with zero attached hydrogens (tertiary/aromatic N) is 1. The molecule has 0 heterocycles. The van der Waals surface area contributed by atoms with Gasteiger partial charge in [0, 0.05) is 30.5 Å². The number of benzene rings is 1. The van der Waals surface area contributed by atoms with Crippen LogP contribution in [0.1, 0.15) is 32.3 Å². The van der Waals surface area contributed by atoms with Crippen LogP contribution in [0.15, 0.2) is 18.2 Å². The van der Waals surface area contributed by atoms with Gasteiger partial charge in [0.05, 0.1) is 12.0 Å². The molecule has 1 aromatic carbocycles. The van der Waals surface area contributed by atoms with Crippen LogP contribution < -0.4 is 4.74 Å². The average molecular weight is 265 g/mol. The number of hydrogen-bond acceptors (Lipinski definition) is 4. The summed E-state index contributed by atoms with van der Waals surface area (Å²) in [5, 5.41) is 10.7. The van der Waals surface area contributed by atoms with Gasteiger partial charge in [-0.25, -0.2) is 0 Å². The van der Waals surface area contributed by atoms with Crippen LogP contribution in [0.25, 0.3) is 0 Å². The van der Waals surface area contributed by atoms with Crippen LogP contribution in [0.4, 0.5) is 5.69 Å². The highest BCUT2D eigenvalue weighted by Crippen LogP contribution is 2.25. The molecule has 0 bridgehead atoms. The van der Waals surface area contributed by atoms with E-state index in [4.69, 9.17) is 4.74 Å². The normalized spacial score (nSPS) is 10.5. The fraction of sp³-hybridized carbons (Fsp3) is 0.500. The minimum Gasteiger partial charge on any atom is -0.496 e. The SMILES string of the molecule is COc1ccc([N+](=O)[O-])cc1CCC(=O)CC(C)C. The van der Waals surface area contributed by atoms with Gasteiger partial charge in [-0.1, -0.05) is 13.8 Å². The monoisotopic (exact) mass is 265 g/mol. The van der Waals surface area contributed by atoms with Crippen LogP contribution in [-0.4, -0.2) is 17.8 Å². The third-order valence-electron chi connectivity index (χ3n) is 2.78. The van der Waals surface area contributed by atoms with Crippen molar-refractivity contribution in [3.05, 3.63) is 33.9 Å². The van der Waals surface area contributed by atoms with Gasteiger partial charge in [-0.15, -0.1) is 0 Å². The van der Waals surface area contributed by atoms with E-state index in [9.17, 15) is 14.9 Å². The Bertz CT molecular complexity index is 469. The molecule has 104 valence electrons. The van der Waals surface area contributed by atoms with Gasteiger partial charge in [0.15, 0.2) is 0 Å². The number of nitro groups is 1. The first-order valence-corrected chi connectivity index (χ1v) is 6.27. The van der Waals surface area contributed by atoms with Crippen molar-refractivity contribution in [1.82, 2.24) is 0 Å². The number of rotatable bonds is 7. The second-order valence-electron chi connectivity index (χ2n) is 4.89. The van der Waals surface area contributed by atoms with Gasteiger partial charge in [-0.05, 0) is 18.4 Å². The zero-order valence-corrected chi connectivity index (χ0v) is 11.5. The van der Waals surface area contributed by atoms with Crippen LogP contribution in [0, 0.1) is 16.0 Å². The van der Waals surface area contributed by atoms with Gasteiger partial charge in [0.2, 0.25) is 0 Å². The molecule has 19 heavy (non-hydrogen) atoms. The van der Waals surface area contributed by atoms with Gasteiger partial charge in [0.25, 0.3) is 5.69 Å². The molecule has 0 spiro atoms. The molecule has 0 saturated carbocycles. The van der Waals surface area contributed by atoms with Gasteiger partial charge >= 0.3 is 0 Å². The minimum absolute atomic E-state index is 0.0205. The van der Waals surface area contributed by atoms with E-state index < -0.39 is 4.92 Å². The maximum Gasteiger partial charge on any atom is 0.269 e. The molecule has 0 radical (unpaired) electrons. The number of non-ortho nitro benzene ring substituents is 1. The summed E-state index contributed by atoms with van der Waals surface area (Å²) in [5.41, 5.74) is 0.723. The molecular formula is C14H19NO4. The lowest BCUT2D eigenvalue weighted by atomic mass is 10.0. The molecular weight excluding hydrogens is 246 g/mol. The van der Waals surface area contributed by atoms with Crippen molar-refractivity contribution in [2.45, 2.75) is 33.1 Å². The first kappa shape index (κ1) is 15.1. The van der Waals surface area contributed by atoms with Crippen LogP contribution in [0.3, 0.4) is 0 Å². The summed E-state index contributed by atoms with van der Waals surface area (Å²) in [5.74, 6) is 1.09. The Labute approximate surface area is 112 Å². The summed E-state index contributed by atoms with van der Waals surface area (Å²) in [6.45, 7) is 3.98. The van der Waals surface area contributed by atoms with Gasteiger partial charge in [-0.3, -0.25) is 14.9 Å². The van der Waals surface area contributed by atoms with Gasteiger partial charge in [0.1, 0.15) is 11.5 Å². The van der Waals surface area contributed by atoms with Crippen molar-refractivity contribution in [1.29, 1.82) is 0 Å². The van der Waals surface area contributed by atoms with Crippen molar-refractivity contribution >= 4 is 11.5 Å². The summed E-state index contributed by atoms with van der Waals surface area (Å²) in [6, 6.07) is 4.44. The molecule has 0 fully saturated rings. The van der Waals surface area contributed by atoms with Gasteiger partial charge < -0.3 is 4.74 Å². The topological polar surface area (TPSA) is 69.4 Å². The number of Topliss-reactive ketones (excluding diaryl/α,β-unsaturated/α-hetero) is 1. The molecule has 1 aromatic rings. The minimum atomic E-state index is -0.446. The molecule has 5 heteroatoms. The number of nitro benzene ring substituents is 1. The molecule has 5 nitrogen and oxygen atoms in total. The number of ether oxygens (including phenoxy) is 1. The van der Waals surface area contributed by atoms with Crippen molar-refractivity contribution in [3.63, 3.8) is 0 Å². The quantitative estimate of drug-likeness (QED) is 0.561. The number of methoxy groups -OCH3 is 1. The van der Waals surface area contributed by atoms with E-state index in [1.807, 2.05) is 13.8 Å². The Balaban J connectivity index is 2.78. The number of carbonyl (C=O) groups excluding carboxylic acids is 1. The molecule has 0 aliphatic rings. The molecule has 0 N–H and O–H groups in total. The zero-order valence-electron chi connectivity index (χ0n) is 11.5. The van der Waals surface area contributed by atoms with E-state index in [0.29, 0.717) is 36.5 Å². The lowest BCUT2D eigenvalue weighted by Crippen LogP contribution is -2.05. The first-order valence-electron chi connectivity index (χ1n) is 6.27. The highest BCUT2D eigenvalue weighted by molar-refractivity contribution is 5.78. The predicted octanol–water partition coefficient (Wildman–Crippen LogP) is 3.15. The molecule has 0 unspecified atom stereocenters. The van der Waals surface area contributed by atoms with E-state index in [-0.39, 0.29) is 11.5 Å². The van der Waals surface area contributed by atoms with Crippen molar-refractivity contribution in [3.8, 4) is 5.75 Å². The Kier molecular flexibility index (Phi) is 5.48. The molecule has 0 amide bonds. The van der Waals surface area contributed by atoms with Crippen LogP contribution in [0.2, 0.25) is 0 Å². The number of aryl methyl sites for hydroxylation is 1. The fourth-order valence-electron chi connectivity index (χ4n) is 1.91. The number of ketones is 1. The van der Waals surface area contributed by atoms with E-state index >= 15 is 0 Å². The Morgan fingerprint density at radius 3 is 2.63 bits per heavy atom. The van der Waals surface area contributed by atoms with Crippen LogP contribution in [0.5, 0.6) is 5.75 Å². The highest BCUT2D eigenvalue weighted by Gasteiger charge is 2.13. The smallest absolute Gasteiger partial charge is 0.269 e. The summed E-state index contributed by atoms with van der Waals surface area (Å²) in [7, 11) is 1.51. The predicted molar refractivity (Wildman–Crippen MR) is 72.4 cm³/mol. The molecule has 0 aliphatic heterocycles. The van der Waals surface area contributed by atoms with Crippen LogP contribution >= 0.6 is 0 Å². The maximum absolute atomic E-state index is 11.7.